The molecule has 1 aromatic heterocycles. The first-order valence-corrected chi connectivity index (χ1v) is 11.4. The molecule has 5 nitrogen and oxygen atoms in total. The number of nitrogens with zero attached hydrogens (tertiary/aromatic N) is 1. The maximum absolute atomic E-state index is 13.4. The summed E-state index contributed by atoms with van der Waals surface area (Å²) in [5.74, 6) is 0. The molecule has 4 rings (SSSR count). The first-order valence-electron chi connectivity index (χ1n) is 9.44. The minimum atomic E-state index is -9.97. The topological polar surface area (TPSA) is 74.2 Å². The van der Waals surface area contributed by atoms with Gasteiger partial charge in [-0.25, -0.2) is 4.79 Å². The fraction of sp³-hybridized carbons (Fsp3) is 0.143. The molecule has 0 saturated carbocycles. The van der Waals surface area contributed by atoms with Crippen molar-refractivity contribution in [2.24, 2.45) is 0 Å². The van der Waals surface area contributed by atoms with Gasteiger partial charge >= 0.3 is 16.3 Å². The number of hydrogen-bond acceptors (Lipinski definition) is 3. The number of carbonyl (C=O) groups excluding carboxylic acids is 1. The lowest BCUT2D eigenvalue weighted by molar-refractivity contribution is 0.145. The third kappa shape index (κ3) is 4.53. The molecular weight excluding hydrogens is 453 g/mol. The van der Waals surface area contributed by atoms with Crippen LogP contribution in [0.4, 0.5) is 29.9 Å². The highest BCUT2D eigenvalue weighted by Gasteiger charge is 2.65. The van der Waals surface area contributed by atoms with Crippen molar-refractivity contribution in [2.75, 3.05) is 5.32 Å². The monoisotopic (exact) mass is 471 g/mol. The minimum Gasteiger partial charge on any atom is -0.386 e. The van der Waals surface area contributed by atoms with Gasteiger partial charge in [-0.15, -0.1) is 0 Å². The van der Waals surface area contributed by atoms with E-state index in [2.05, 4.69) is 15.6 Å². The van der Waals surface area contributed by atoms with Crippen molar-refractivity contribution in [2.45, 2.75) is 23.5 Å². The predicted molar refractivity (Wildman–Crippen MR) is 112 cm³/mol. The van der Waals surface area contributed by atoms with Crippen LogP contribution in [0.15, 0.2) is 71.9 Å². The number of fused-ring (bicyclic) bond motifs is 1. The number of aliphatic hydroxyl groups excluding tert-OH is 1. The van der Waals surface area contributed by atoms with E-state index in [0.29, 0.717) is 17.5 Å². The van der Waals surface area contributed by atoms with Crippen molar-refractivity contribution in [1.29, 1.82) is 0 Å². The smallest absolute Gasteiger partial charge is 0.319 e. The zero-order valence-corrected chi connectivity index (χ0v) is 17.1. The van der Waals surface area contributed by atoms with Crippen LogP contribution in [0.2, 0.25) is 0 Å². The van der Waals surface area contributed by atoms with E-state index in [9.17, 15) is 29.3 Å². The van der Waals surface area contributed by atoms with E-state index in [4.69, 9.17) is 0 Å². The first-order chi connectivity index (χ1) is 14.8. The molecule has 2 amide bonds. The van der Waals surface area contributed by atoms with E-state index in [-0.39, 0.29) is 17.7 Å². The van der Waals surface area contributed by atoms with Crippen molar-refractivity contribution in [3.63, 3.8) is 0 Å². The largest absolute Gasteiger partial charge is 0.386 e. The van der Waals surface area contributed by atoms with Crippen LogP contribution in [0.3, 0.4) is 0 Å². The molecule has 11 heteroatoms. The number of hydrogen-bond donors (Lipinski definition) is 3. The zero-order valence-electron chi connectivity index (χ0n) is 16.3. The Balaban J connectivity index is 1.64. The van der Waals surface area contributed by atoms with Crippen LogP contribution in [0.1, 0.15) is 17.2 Å². The summed E-state index contributed by atoms with van der Waals surface area (Å²) in [6.07, 6.45) is 2.06. The lowest BCUT2D eigenvalue weighted by Gasteiger charge is -2.40. The molecule has 0 radical (unpaired) electrons. The molecule has 170 valence electrons. The van der Waals surface area contributed by atoms with Crippen LogP contribution in [-0.2, 0) is 6.42 Å². The second-order valence-electron chi connectivity index (χ2n) is 7.46. The third-order valence-corrected chi connectivity index (χ3v) is 6.33. The molecule has 32 heavy (non-hydrogen) atoms. The van der Waals surface area contributed by atoms with E-state index in [1.54, 1.807) is 24.3 Å². The number of rotatable bonds is 4. The third-order valence-electron chi connectivity index (χ3n) is 5.19. The molecule has 0 unspecified atom stereocenters. The van der Waals surface area contributed by atoms with E-state index < -0.39 is 39.0 Å². The van der Waals surface area contributed by atoms with Gasteiger partial charge < -0.3 is 15.7 Å². The number of carbonyl (C=O) groups is 1. The highest BCUT2D eigenvalue weighted by Crippen LogP contribution is 3.02. The highest BCUT2D eigenvalue weighted by atomic mass is 32.5. The van der Waals surface area contributed by atoms with Gasteiger partial charge in [0.05, 0.1) is 17.8 Å². The molecule has 1 heterocycles. The van der Waals surface area contributed by atoms with Crippen molar-refractivity contribution in [1.82, 2.24) is 10.3 Å². The predicted octanol–water partition coefficient (Wildman–Crippen LogP) is 6.19. The van der Waals surface area contributed by atoms with Gasteiger partial charge in [-0.1, -0.05) is 49.8 Å². The second kappa shape index (κ2) is 6.91. The van der Waals surface area contributed by atoms with Crippen molar-refractivity contribution < 1.29 is 29.3 Å². The zero-order chi connectivity index (χ0) is 23.2. The van der Waals surface area contributed by atoms with Gasteiger partial charge in [0, 0.05) is 18.0 Å². The standard InChI is InChI=1S/C21H18F5N3O2S/c22-32(23,24,25,26)15-5-6-16(13-7-9-27-10-8-13)18(12-15)28-21(31)29-19-11-14-3-1-2-4-17(14)20(19)30/h1-10,12,19-20,30H,11H2,(H2,28,29,31)/t19-,20+/m1/s1. The Kier molecular flexibility index (Phi) is 4.76. The van der Waals surface area contributed by atoms with Gasteiger partial charge in [0.15, 0.2) is 0 Å². The van der Waals surface area contributed by atoms with Gasteiger partial charge in [-0.3, -0.25) is 4.98 Å². The Morgan fingerprint density at radius 2 is 1.69 bits per heavy atom. The quantitative estimate of drug-likeness (QED) is 0.398. The maximum atomic E-state index is 13.4. The van der Waals surface area contributed by atoms with Gasteiger partial charge in [-0.05, 0) is 47.4 Å². The lowest BCUT2D eigenvalue weighted by Crippen LogP contribution is -2.40. The number of amides is 2. The summed E-state index contributed by atoms with van der Waals surface area (Å²) < 4.78 is 66.8. The van der Waals surface area contributed by atoms with Crippen molar-refractivity contribution in [3.05, 3.63) is 78.1 Å². The SMILES string of the molecule is O=C(Nc1cc(S(F)(F)(F)(F)F)ccc1-c1ccncc1)N[C@@H]1Cc2ccccc2[C@@H]1O. The number of halogens is 5. The van der Waals surface area contributed by atoms with Crippen LogP contribution in [-0.4, -0.2) is 22.2 Å². The molecule has 1 aliphatic carbocycles. The molecule has 1 aliphatic rings. The summed E-state index contributed by atoms with van der Waals surface area (Å²) in [5, 5.41) is 15.2. The maximum Gasteiger partial charge on any atom is 0.319 e. The number of benzene rings is 2. The molecule has 0 aliphatic heterocycles. The summed E-state index contributed by atoms with van der Waals surface area (Å²) in [4.78, 5) is 14.3. The normalized spacial score (nSPS) is 20.1. The summed E-state index contributed by atoms with van der Waals surface area (Å²) in [7, 11) is -9.97. The molecule has 3 aromatic rings. The Labute approximate surface area is 180 Å². The number of pyridine rings is 1. The Morgan fingerprint density at radius 3 is 2.34 bits per heavy atom. The lowest BCUT2D eigenvalue weighted by atomic mass is 10.1. The summed E-state index contributed by atoms with van der Waals surface area (Å²) >= 11 is 0. The van der Waals surface area contributed by atoms with E-state index in [0.717, 1.165) is 11.6 Å². The van der Waals surface area contributed by atoms with Crippen LogP contribution in [0, 0.1) is 0 Å². The van der Waals surface area contributed by atoms with Crippen LogP contribution >= 0.6 is 10.2 Å². The second-order valence-corrected chi connectivity index (χ2v) is 9.87. The minimum absolute atomic E-state index is 0.100. The number of anilines is 1. The van der Waals surface area contributed by atoms with Crippen molar-refractivity contribution >= 4 is 21.9 Å². The molecule has 0 fully saturated rings. The molecule has 0 bridgehead atoms. The Morgan fingerprint density at radius 1 is 1.00 bits per heavy atom. The highest BCUT2D eigenvalue weighted by molar-refractivity contribution is 8.45. The summed E-state index contributed by atoms with van der Waals surface area (Å²) in [6, 6.07) is 9.67. The summed E-state index contributed by atoms with van der Waals surface area (Å²) in [6.45, 7) is 0. The Hall–Kier alpha value is -3.18. The number of aromatic nitrogens is 1. The summed E-state index contributed by atoms with van der Waals surface area (Å²) in [5.41, 5.74) is 1.48. The molecule has 0 spiro atoms. The van der Waals surface area contributed by atoms with Gasteiger partial charge in [0.25, 0.3) is 0 Å². The van der Waals surface area contributed by atoms with Gasteiger partial charge in [0.2, 0.25) is 0 Å². The number of aliphatic hydroxyl groups is 1. The van der Waals surface area contributed by atoms with E-state index >= 15 is 0 Å². The average Bonchev–Trinajstić information content (AvgIpc) is 3.02. The average molecular weight is 471 g/mol. The fourth-order valence-electron chi connectivity index (χ4n) is 3.68. The first kappa shape index (κ1) is 22.0. The molecule has 3 N–H and O–H groups in total. The van der Waals surface area contributed by atoms with Crippen LogP contribution < -0.4 is 10.6 Å². The van der Waals surface area contributed by atoms with Gasteiger partial charge in [-0.2, -0.15) is 0 Å². The molecular formula is C21H18F5N3O2S. The van der Waals surface area contributed by atoms with E-state index in [1.165, 1.54) is 24.5 Å². The molecule has 2 aromatic carbocycles. The van der Waals surface area contributed by atoms with Crippen LogP contribution in [0.5, 0.6) is 0 Å². The molecule has 0 saturated heterocycles. The van der Waals surface area contributed by atoms with Crippen molar-refractivity contribution in [3.8, 4) is 11.1 Å². The number of urea groups is 1. The molecule has 2 atom stereocenters. The van der Waals surface area contributed by atoms with Crippen LogP contribution in [0.25, 0.3) is 11.1 Å². The Bertz CT molecular complexity index is 1190. The van der Waals surface area contributed by atoms with Gasteiger partial charge in [0.1, 0.15) is 4.90 Å². The van der Waals surface area contributed by atoms with E-state index in [1.807, 2.05) is 0 Å². The fourth-order valence-corrected chi connectivity index (χ4v) is 4.35. The number of nitrogens with one attached hydrogen (secondary N) is 2.